The lowest BCUT2D eigenvalue weighted by atomic mass is 9.89. The van der Waals surface area contributed by atoms with Crippen molar-refractivity contribution >= 4 is 0 Å². The summed E-state index contributed by atoms with van der Waals surface area (Å²) in [5, 5.41) is 0. The van der Waals surface area contributed by atoms with Gasteiger partial charge in [0.2, 0.25) is 0 Å². The second-order valence-electron chi connectivity index (χ2n) is 4.07. The number of nitrogens with two attached hydrogens (primary N) is 1. The van der Waals surface area contributed by atoms with E-state index in [0.29, 0.717) is 6.04 Å². The fraction of sp³-hybridized carbons (Fsp3) is 1.00. The van der Waals surface area contributed by atoms with E-state index >= 15 is 0 Å². The van der Waals surface area contributed by atoms with Crippen LogP contribution < -0.4 is 5.73 Å². The lowest BCUT2D eigenvalue weighted by Gasteiger charge is -2.19. The Morgan fingerprint density at radius 2 is 2.00 bits per heavy atom. The van der Waals surface area contributed by atoms with Crippen LogP contribution in [0.15, 0.2) is 0 Å². The molecule has 0 aromatic carbocycles. The molecule has 0 bridgehead atoms. The zero-order chi connectivity index (χ0) is 8.27. The van der Waals surface area contributed by atoms with Crippen molar-refractivity contribution in [1.82, 2.24) is 0 Å². The molecule has 1 saturated carbocycles. The predicted octanol–water partition coefficient (Wildman–Crippen LogP) is 2.55. The van der Waals surface area contributed by atoms with Gasteiger partial charge in [-0.2, -0.15) is 0 Å². The minimum Gasteiger partial charge on any atom is -0.328 e. The van der Waals surface area contributed by atoms with Crippen LogP contribution in [0.1, 0.15) is 46.0 Å². The summed E-state index contributed by atoms with van der Waals surface area (Å²) in [5.41, 5.74) is 5.79. The standard InChI is InChI=1S/C10H21N/c1-3-9-5-4-6-10(9)7-8(2)11/h8-10H,3-7,11H2,1-2H3. The van der Waals surface area contributed by atoms with E-state index in [0.717, 1.165) is 11.8 Å². The van der Waals surface area contributed by atoms with Crippen LogP contribution in [0.25, 0.3) is 0 Å². The molecular formula is C10H21N. The van der Waals surface area contributed by atoms with Crippen molar-refractivity contribution in [2.24, 2.45) is 17.6 Å². The molecule has 66 valence electrons. The normalized spacial score (nSPS) is 34.1. The lowest BCUT2D eigenvalue weighted by molar-refractivity contribution is 0.336. The minimum absolute atomic E-state index is 0.409. The average Bonchev–Trinajstić information content (AvgIpc) is 2.34. The first-order valence-corrected chi connectivity index (χ1v) is 4.99. The smallest absolute Gasteiger partial charge is 0.00132 e. The van der Waals surface area contributed by atoms with Crippen molar-refractivity contribution in [3.8, 4) is 0 Å². The maximum Gasteiger partial charge on any atom is 0.00132 e. The molecule has 0 aromatic heterocycles. The summed E-state index contributed by atoms with van der Waals surface area (Å²) in [5.74, 6) is 1.93. The molecule has 1 nitrogen and oxygen atoms in total. The molecule has 0 saturated heterocycles. The number of hydrogen-bond donors (Lipinski definition) is 1. The van der Waals surface area contributed by atoms with Gasteiger partial charge in [-0.25, -0.2) is 0 Å². The van der Waals surface area contributed by atoms with E-state index < -0.39 is 0 Å². The van der Waals surface area contributed by atoms with Gasteiger partial charge in [-0.1, -0.05) is 32.6 Å². The molecule has 2 N–H and O–H groups in total. The van der Waals surface area contributed by atoms with Crippen LogP contribution in [0.4, 0.5) is 0 Å². The van der Waals surface area contributed by atoms with Crippen molar-refractivity contribution in [2.45, 2.75) is 52.0 Å². The quantitative estimate of drug-likeness (QED) is 0.666. The van der Waals surface area contributed by atoms with E-state index in [1.165, 1.54) is 32.1 Å². The Balaban J connectivity index is 2.31. The monoisotopic (exact) mass is 155 g/mol. The molecule has 1 fully saturated rings. The molecule has 11 heavy (non-hydrogen) atoms. The Hall–Kier alpha value is -0.0400. The topological polar surface area (TPSA) is 26.0 Å². The molecular weight excluding hydrogens is 134 g/mol. The van der Waals surface area contributed by atoms with Gasteiger partial charge in [-0.3, -0.25) is 0 Å². The van der Waals surface area contributed by atoms with E-state index in [4.69, 9.17) is 5.73 Å². The predicted molar refractivity (Wildman–Crippen MR) is 49.4 cm³/mol. The van der Waals surface area contributed by atoms with Gasteiger partial charge in [0.15, 0.2) is 0 Å². The average molecular weight is 155 g/mol. The van der Waals surface area contributed by atoms with Crippen molar-refractivity contribution in [2.75, 3.05) is 0 Å². The van der Waals surface area contributed by atoms with Crippen molar-refractivity contribution in [3.63, 3.8) is 0 Å². The zero-order valence-electron chi connectivity index (χ0n) is 7.84. The first kappa shape index (κ1) is 9.05. The summed E-state index contributed by atoms with van der Waals surface area (Å²) in [6, 6.07) is 0.409. The van der Waals surface area contributed by atoms with Crippen LogP contribution in [0.2, 0.25) is 0 Å². The molecule has 1 heteroatoms. The first-order chi connectivity index (χ1) is 5.24. The Bertz CT molecular complexity index is 109. The summed E-state index contributed by atoms with van der Waals surface area (Å²) in [6.45, 7) is 4.44. The maximum atomic E-state index is 5.79. The van der Waals surface area contributed by atoms with Gasteiger partial charge in [0.1, 0.15) is 0 Å². The highest BCUT2D eigenvalue weighted by Crippen LogP contribution is 2.36. The lowest BCUT2D eigenvalue weighted by Crippen LogP contribution is -2.21. The molecule has 1 rings (SSSR count). The first-order valence-electron chi connectivity index (χ1n) is 4.99. The van der Waals surface area contributed by atoms with Gasteiger partial charge in [0.25, 0.3) is 0 Å². The molecule has 3 atom stereocenters. The van der Waals surface area contributed by atoms with Gasteiger partial charge in [-0.05, 0) is 25.2 Å². The Morgan fingerprint density at radius 3 is 2.55 bits per heavy atom. The van der Waals surface area contributed by atoms with Gasteiger partial charge < -0.3 is 5.73 Å². The minimum atomic E-state index is 0.409. The summed E-state index contributed by atoms with van der Waals surface area (Å²) in [4.78, 5) is 0. The van der Waals surface area contributed by atoms with Crippen LogP contribution in [-0.2, 0) is 0 Å². The number of rotatable bonds is 3. The van der Waals surface area contributed by atoms with E-state index in [-0.39, 0.29) is 0 Å². The maximum absolute atomic E-state index is 5.79. The fourth-order valence-electron chi connectivity index (χ4n) is 2.44. The van der Waals surface area contributed by atoms with E-state index in [1.807, 2.05) is 0 Å². The van der Waals surface area contributed by atoms with Gasteiger partial charge in [-0.15, -0.1) is 0 Å². The molecule has 0 spiro atoms. The van der Waals surface area contributed by atoms with Crippen LogP contribution >= 0.6 is 0 Å². The van der Waals surface area contributed by atoms with Gasteiger partial charge in [0.05, 0.1) is 0 Å². The second-order valence-corrected chi connectivity index (χ2v) is 4.07. The Labute approximate surface area is 70.4 Å². The number of hydrogen-bond acceptors (Lipinski definition) is 1. The largest absolute Gasteiger partial charge is 0.328 e. The van der Waals surface area contributed by atoms with E-state index in [9.17, 15) is 0 Å². The zero-order valence-corrected chi connectivity index (χ0v) is 7.84. The third-order valence-corrected chi connectivity index (χ3v) is 3.02. The van der Waals surface area contributed by atoms with Crippen molar-refractivity contribution < 1.29 is 0 Å². The summed E-state index contributed by atoms with van der Waals surface area (Å²) < 4.78 is 0. The van der Waals surface area contributed by atoms with Gasteiger partial charge in [0, 0.05) is 6.04 Å². The van der Waals surface area contributed by atoms with Gasteiger partial charge >= 0.3 is 0 Å². The van der Waals surface area contributed by atoms with Crippen LogP contribution in [0, 0.1) is 11.8 Å². The highest BCUT2D eigenvalue weighted by molar-refractivity contribution is 4.78. The van der Waals surface area contributed by atoms with Crippen LogP contribution in [0.5, 0.6) is 0 Å². The highest BCUT2D eigenvalue weighted by atomic mass is 14.6. The SMILES string of the molecule is CCC1CCCC1CC(C)N. The summed E-state index contributed by atoms with van der Waals surface area (Å²) >= 11 is 0. The van der Waals surface area contributed by atoms with Crippen molar-refractivity contribution in [1.29, 1.82) is 0 Å². The highest BCUT2D eigenvalue weighted by Gasteiger charge is 2.25. The van der Waals surface area contributed by atoms with E-state index in [1.54, 1.807) is 0 Å². The van der Waals surface area contributed by atoms with Crippen molar-refractivity contribution in [3.05, 3.63) is 0 Å². The molecule has 1 aliphatic carbocycles. The molecule has 1 aliphatic rings. The van der Waals surface area contributed by atoms with Crippen LogP contribution in [-0.4, -0.2) is 6.04 Å². The Morgan fingerprint density at radius 1 is 1.36 bits per heavy atom. The molecule has 0 aliphatic heterocycles. The summed E-state index contributed by atoms with van der Waals surface area (Å²) in [7, 11) is 0. The summed E-state index contributed by atoms with van der Waals surface area (Å²) in [6.07, 6.45) is 6.93. The van der Waals surface area contributed by atoms with E-state index in [2.05, 4.69) is 13.8 Å². The third kappa shape index (κ3) is 2.48. The molecule has 0 amide bonds. The third-order valence-electron chi connectivity index (χ3n) is 3.02. The molecule has 0 aromatic rings. The van der Waals surface area contributed by atoms with Crippen LogP contribution in [0.3, 0.4) is 0 Å². The second kappa shape index (κ2) is 4.10. The molecule has 3 unspecified atom stereocenters. The Kier molecular flexibility index (Phi) is 3.38. The fourth-order valence-corrected chi connectivity index (χ4v) is 2.44. The molecule has 0 heterocycles. The molecule has 0 radical (unpaired) electrons.